The maximum atomic E-state index is 12.3. The van der Waals surface area contributed by atoms with Crippen molar-refractivity contribution in [3.8, 4) is 0 Å². The molecule has 0 spiro atoms. The third kappa shape index (κ3) is 5.42. The molecule has 3 atom stereocenters. The summed E-state index contributed by atoms with van der Waals surface area (Å²) < 4.78 is 14.5. The summed E-state index contributed by atoms with van der Waals surface area (Å²) in [6, 6.07) is 10.4. The van der Waals surface area contributed by atoms with Gasteiger partial charge in [-0.25, -0.2) is 4.98 Å². The van der Waals surface area contributed by atoms with Gasteiger partial charge in [-0.3, -0.25) is 9.20 Å². The van der Waals surface area contributed by atoms with Gasteiger partial charge < -0.3 is 14.8 Å². The number of hydrogen-bond acceptors (Lipinski definition) is 3. The molecule has 1 aromatic carbocycles. The molecule has 3 rings (SSSR count). The van der Waals surface area contributed by atoms with Gasteiger partial charge in [0.25, 0.3) is 0 Å². The van der Waals surface area contributed by atoms with Crippen molar-refractivity contribution in [1.29, 1.82) is 0 Å². The van der Waals surface area contributed by atoms with E-state index in [9.17, 15) is 4.21 Å². The molecule has 3 unspecified atom stereocenters. The monoisotopic (exact) mass is 387 g/mol. The standard InChI is InChI=1S/C20H29N5OS/c1-17-8-11-24(14-19(17)25-12-9-22-16-25)20(21-2)23-10-13-27(26)15-18-6-4-3-5-7-18/h3-7,9,12,16-17,19H,8,10-11,13-15H2,1-2H3,(H,21,23). The van der Waals surface area contributed by atoms with Crippen molar-refractivity contribution in [2.45, 2.75) is 25.1 Å². The smallest absolute Gasteiger partial charge is 0.193 e. The number of rotatable bonds is 6. The van der Waals surface area contributed by atoms with E-state index in [1.54, 1.807) is 0 Å². The van der Waals surface area contributed by atoms with Gasteiger partial charge in [0.05, 0.1) is 12.4 Å². The lowest BCUT2D eigenvalue weighted by molar-refractivity contribution is 0.189. The van der Waals surface area contributed by atoms with Gasteiger partial charge in [0.1, 0.15) is 0 Å². The predicted octanol–water partition coefficient (Wildman–Crippen LogP) is 2.29. The van der Waals surface area contributed by atoms with E-state index in [4.69, 9.17) is 0 Å². The molecule has 1 aliphatic heterocycles. The van der Waals surface area contributed by atoms with E-state index in [0.29, 0.717) is 30.0 Å². The lowest BCUT2D eigenvalue weighted by Crippen LogP contribution is -2.49. The summed E-state index contributed by atoms with van der Waals surface area (Å²) in [6.07, 6.45) is 6.88. The van der Waals surface area contributed by atoms with Crippen LogP contribution in [0.2, 0.25) is 0 Å². The van der Waals surface area contributed by atoms with Gasteiger partial charge in [-0.2, -0.15) is 0 Å². The Labute approximate surface area is 164 Å². The Bertz CT molecular complexity index is 747. The SMILES string of the molecule is CN=C(NCCS(=O)Cc1ccccc1)N1CCC(C)C(n2ccnc2)C1. The van der Waals surface area contributed by atoms with Crippen molar-refractivity contribution in [2.24, 2.45) is 10.9 Å². The molecule has 146 valence electrons. The molecule has 0 bridgehead atoms. The Hall–Kier alpha value is -2.15. The zero-order valence-corrected chi connectivity index (χ0v) is 16.9. The van der Waals surface area contributed by atoms with Gasteiger partial charge >= 0.3 is 0 Å². The second-order valence-corrected chi connectivity index (χ2v) is 8.61. The molecular weight excluding hydrogens is 358 g/mol. The summed E-state index contributed by atoms with van der Waals surface area (Å²) in [6.45, 7) is 4.85. The Balaban J connectivity index is 1.49. The number of nitrogens with zero attached hydrogens (tertiary/aromatic N) is 4. The van der Waals surface area contributed by atoms with Crippen LogP contribution in [0.5, 0.6) is 0 Å². The van der Waals surface area contributed by atoms with E-state index >= 15 is 0 Å². The second kappa shape index (κ2) is 9.69. The zero-order chi connectivity index (χ0) is 19.1. The molecule has 6 nitrogen and oxygen atoms in total. The first-order chi connectivity index (χ1) is 13.2. The van der Waals surface area contributed by atoms with Crippen LogP contribution in [-0.2, 0) is 16.6 Å². The van der Waals surface area contributed by atoms with Crippen molar-refractivity contribution in [2.75, 3.05) is 32.4 Å². The van der Waals surface area contributed by atoms with Gasteiger partial charge in [0.15, 0.2) is 5.96 Å². The number of aliphatic imine (C=N–C) groups is 1. The Kier molecular flexibility index (Phi) is 7.04. The van der Waals surface area contributed by atoms with Gasteiger partial charge in [-0.15, -0.1) is 0 Å². The number of likely N-dealkylation sites (tertiary alicyclic amines) is 1. The molecular formula is C20H29N5OS. The summed E-state index contributed by atoms with van der Waals surface area (Å²) in [5.74, 6) is 2.71. The highest BCUT2D eigenvalue weighted by Gasteiger charge is 2.28. The van der Waals surface area contributed by atoms with Crippen molar-refractivity contribution in [3.05, 3.63) is 54.6 Å². The zero-order valence-electron chi connectivity index (χ0n) is 16.1. The molecule has 0 aliphatic carbocycles. The third-order valence-electron chi connectivity index (χ3n) is 5.12. The Morgan fingerprint density at radius 3 is 2.89 bits per heavy atom. The maximum absolute atomic E-state index is 12.3. The summed E-state index contributed by atoms with van der Waals surface area (Å²) in [5.41, 5.74) is 1.12. The highest BCUT2D eigenvalue weighted by molar-refractivity contribution is 7.84. The molecule has 0 radical (unpaired) electrons. The summed E-state index contributed by atoms with van der Waals surface area (Å²) in [7, 11) is 0.933. The number of guanidine groups is 1. The molecule has 7 heteroatoms. The molecule has 27 heavy (non-hydrogen) atoms. The molecule has 2 aromatic rings. The number of imidazole rings is 1. The van der Waals surface area contributed by atoms with E-state index in [-0.39, 0.29) is 0 Å². The number of piperidine rings is 1. The normalized spacial score (nSPS) is 21.9. The molecule has 1 aliphatic rings. The first-order valence-corrected chi connectivity index (χ1v) is 11.0. The van der Waals surface area contributed by atoms with Crippen LogP contribution in [0.15, 0.2) is 54.0 Å². The Morgan fingerprint density at radius 1 is 1.37 bits per heavy atom. The molecule has 1 N–H and O–H groups in total. The van der Waals surface area contributed by atoms with Crippen LogP contribution in [0.3, 0.4) is 0 Å². The van der Waals surface area contributed by atoms with Crippen LogP contribution in [0, 0.1) is 5.92 Å². The molecule has 2 heterocycles. The lowest BCUT2D eigenvalue weighted by Gasteiger charge is -2.39. The second-order valence-electron chi connectivity index (χ2n) is 7.04. The average Bonchev–Trinajstić information content (AvgIpc) is 3.21. The maximum Gasteiger partial charge on any atom is 0.193 e. The third-order valence-corrected chi connectivity index (χ3v) is 6.44. The highest BCUT2D eigenvalue weighted by Crippen LogP contribution is 2.27. The summed E-state index contributed by atoms with van der Waals surface area (Å²) in [4.78, 5) is 10.9. The van der Waals surface area contributed by atoms with E-state index in [2.05, 4.69) is 31.7 Å². The Morgan fingerprint density at radius 2 is 2.19 bits per heavy atom. The minimum atomic E-state index is -0.880. The van der Waals surface area contributed by atoms with Crippen LogP contribution >= 0.6 is 0 Å². The molecule has 0 amide bonds. The molecule has 0 saturated carbocycles. The average molecular weight is 388 g/mol. The van der Waals surface area contributed by atoms with Crippen molar-refractivity contribution in [1.82, 2.24) is 19.8 Å². The first kappa shape index (κ1) is 19.6. The van der Waals surface area contributed by atoms with Gasteiger partial charge in [0.2, 0.25) is 0 Å². The van der Waals surface area contributed by atoms with Crippen LogP contribution < -0.4 is 5.32 Å². The fourth-order valence-electron chi connectivity index (χ4n) is 3.54. The van der Waals surface area contributed by atoms with E-state index < -0.39 is 10.8 Å². The van der Waals surface area contributed by atoms with Gasteiger partial charge in [-0.1, -0.05) is 37.3 Å². The summed E-state index contributed by atoms with van der Waals surface area (Å²) in [5, 5.41) is 3.39. The van der Waals surface area contributed by atoms with E-state index in [0.717, 1.165) is 31.0 Å². The van der Waals surface area contributed by atoms with E-state index in [1.807, 2.05) is 56.1 Å². The van der Waals surface area contributed by atoms with Gasteiger partial charge in [0, 0.05) is 61.4 Å². The fourth-order valence-corrected chi connectivity index (χ4v) is 4.57. The predicted molar refractivity (Wildman–Crippen MR) is 111 cm³/mol. The van der Waals surface area contributed by atoms with Crippen molar-refractivity contribution in [3.63, 3.8) is 0 Å². The number of hydrogen-bond donors (Lipinski definition) is 1. The minimum Gasteiger partial charge on any atom is -0.355 e. The van der Waals surface area contributed by atoms with Crippen LogP contribution in [0.25, 0.3) is 0 Å². The van der Waals surface area contributed by atoms with Crippen LogP contribution in [0.1, 0.15) is 24.9 Å². The van der Waals surface area contributed by atoms with Gasteiger partial charge in [-0.05, 0) is 17.9 Å². The van der Waals surface area contributed by atoms with Crippen LogP contribution in [0.4, 0.5) is 0 Å². The number of nitrogens with one attached hydrogen (secondary N) is 1. The highest BCUT2D eigenvalue weighted by atomic mass is 32.2. The molecule has 1 aromatic heterocycles. The lowest BCUT2D eigenvalue weighted by atomic mass is 9.93. The summed E-state index contributed by atoms with van der Waals surface area (Å²) >= 11 is 0. The van der Waals surface area contributed by atoms with Crippen molar-refractivity contribution >= 4 is 16.8 Å². The topological polar surface area (TPSA) is 62.5 Å². The largest absolute Gasteiger partial charge is 0.355 e. The van der Waals surface area contributed by atoms with E-state index in [1.165, 1.54) is 0 Å². The molecule has 1 fully saturated rings. The first-order valence-electron chi connectivity index (χ1n) is 9.49. The van der Waals surface area contributed by atoms with Crippen molar-refractivity contribution < 1.29 is 4.21 Å². The fraction of sp³-hybridized carbons (Fsp3) is 0.500. The number of benzene rings is 1. The van der Waals surface area contributed by atoms with Crippen LogP contribution in [-0.4, -0.2) is 57.1 Å². The number of aromatic nitrogens is 2. The minimum absolute atomic E-state index is 0.395. The quantitative estimate of drug-likeness (QED) is 0.610. The molecule has 1 saturated heterocycles.